The number of hydrogen-bond donors (Lipinski definition) is 2. The van der Waals surface area contributed by atoms with Gasteiger partial charge < -0.3 is 9.80 Å². The molecule has 0 heterocycles. The summed E-state index contributed by atoms with van der Waals surface area (Å²) in [5.41, 5.74) is 2.17. The highest BCUT2D eigenvalue weighted by atomic mass is 16.2. The van der Waals surface area contributed by atoms with Gasteiger partial charge in [0.25, 0.3) is 0 Å². The Hall–Kier alpha value is -0.650. The maximum atomic E-state index is 11.1. The van der Waals surface area contributed by atoms with Crippen molar-refractivity contribution < 1.29 is 4.79 Å². The molecule has 0 aromatic heterocycles. The number of hydrogen-bond acceptors (Lipinski definition) is 4. The smallest absolute Gasteiger partial charge is 0.233 e. The van der Waals surface area contributed by atoms with Crippen molar-refractivity contribution in [3.05, 3.63) is 0 Å². The average Bonchev–Trinajstić information content (AvgIpc) is 2.30. The van der Waals surface area contributed by atoms with Gasteiger partial charge in [-0.1, -0.05) is 6.92 Å². The van der Waals surface area contributed by atoms with Crippen LogP contribution in [0, 0.1) is 0 Å². The van der Waals surface area contributed by atoms with Crippen LogP contribution in [0.2, 0.25) is 0 Å². The van der Waals surface area contributed by atoms with E-state index < -0.39 is 0 Å². The molecular formula is C12H28N4O. The van der Waals surface area contributed by atoms with Crippen molar-refractivity contribution >= 4 is 5.91 Å². The Bertz CT molecular complexity index is 209. The summed E-state index contributed by atoms with van der Waals surface area (Å²) in [7, 11) is 4.18. The van der Waals surface area contributed by atoms with Crippen LogP contribution in [0.3, 0.4) is 0 Å². The van der Waals surface area contributed by atoms with Gasteiger partial charge in [0.05, 0.1) is 0 Å². The van der Waals surface area contributed by atoms with E-state index in [0.717, 1.165) is 32.5 Å². The summed E-state index contributed by atoms with van der Waals surface area (Å²) in [6.45, 7) is 7.55. The number of amides is 1. The van der Waals surface area contributed by atoms with Crippen LogP contribution in [0.1, 0.15) is 33.1 Å². The van der Waals surface area contributed by atoms with Crippen LogP contribution in [-0.4, -0.2) is 55.5 Å². The van der Waals surface area contributed by atoms with E-state index in [1.54, 1.807) is 0 Å². The highest BCUT2D eigenvalue weighted by Crippen LogP contribution is 2.07. The first-order valence-corrected chi connectivity index (χ1v) is 6.39. The first-order valence-electron chi connectivity index (χ1n) is 6.39. The fraction of sp³-hybridized carbons (Fsp3) is 0.917. The zero-order chi connectivity index (χ0) is 13.3. The number of nitrogens with zero attached hydrogens (tertiary/aromatic N) is 2. The minimum absolute atomic E-state index is 0.0822. The summed E-state index contributed by atoms with van der Waals surface area (Å²) < 4.78 is 0. The lowest BCUT2D eigenvalue weighted by atomic mass is 10.1. The van der Waals surface area contributed by atoms with Gasteiger partial charge in [0.15, 0.2) is 0 Å². The molecule has 0 bridgehead atoms. The maximum absolute atomic E-state index is 11.1. The summed E-state index contributed by atoms with van der Waals surface area (Å²) in [5, 5.41) is 0. The SMILES string of the molecule is CCN(CCCN(C)C)C(C)CCC(=O)NN. The lowest BCUT2D eigenvalue weighted by Crippen LogP contribution is -2.37. The summed E-state index contributed by atoms with van der Waals surface area (Å²) in [6, 6.07) is 0.430. The van der Waals surface area contributed by atoms with E-state index in [1.807, 2.05) is 0 Å². The molecule has 0 aromatic rings. The summed E-state index contributed by atoms with van der Waals surface area (Å²) >= 11 is 0. The molecule has 0 saturated heterocycles. The lowest BCUT2D eigenvalue weighted by Gasteiger charge is -2.28. The Kier molecular flexibility index (Phi) is 9.03. The van der Waals surface area contributed by atoms with E-state index in [0.29, 0.717) is 12.5 Å². The topological polar surface area (TPSA) is 61.6 Å². The van der Waals surface area contributed by atoms with Gasteiger partial charge in [0.2, 0.25) is 5.91 Å². The van der Waals surface area contributed by atoms with Crippen LogP contribution >= 0.6 is 0 Å². The quantitative estimate of drug-likeness (QED) is 0.350. The molecule has 3 N–H and O–H groups in total. The molecule has 1 amide bonds. The van der Waals surface area contributed by atoms with Crippen LogP contribution in [0.5, 0.6) is 0 Å². The molecular weight excluding hydrogens is 216 g/mol. The summed E-state index contributed by atoms with van der Waals surface area (Å²) in [6.07, 6.45) is 2.52. The monoisotopic (exact) mass is 244 g/mol. The number of hydrazine groups is 1. The largest absolute Gasteiger partial charge is 0.309 e. The molecule has 17 heavy (non-hydrogen) atoms. The predicted octanol–water partition coefficient (Wildman–Crippen LogP) is 0.419. The Morgan fingerprint density at radius 1 is 1.35 bits per heavy atom. The van der Waals surface area contributed by atoms with Crippen molar-refractivity contribution in [1.29, 1.82) is 0 Å². The predicted molar refractivity (Wildman–Crippen MR) is 71.4 cm³/mol. The van der Waals surface area contributed by atoms with Crippen LogP contribution in [0.4, 0.5) is 0 Å². The standard InChI is InChI=1S/C12H28N4O/c1-5-16(10-6-9-15(3)4)11(2)7-8-12(17)14-13/h11H,5-10,13H2,1-4H3,(H,14,17). The van der Waals surface area contributed by atoms with Crippen molar-refractivity contribution in [3.63, 3.8) is 0 Å². The maximum Gasteiger partial charge on any atom is 0.233 e. The van der Waals surface area contributed by atoms with Gasteiger partial charge in [-0.05, 0) is 53.5 Å². The molecule has 0 aliphatic rings. The van der Waals surface area contributed by atoms with E-state index in [9.17, 15) is 4.79 Å². The van der Waals surface area contributed by atoms with Crippen molar-refractivity contribution in [2.75, 3.05) is 33.7 Å². The van der Waals surface area contributed by atoms with Gasteiger partial charge in [0.1, 0.15) is 0 Å². The zero-order valence-electron chi connectivity index (χ0n) is 11.7. The molecule has 0 spiro atoms. The zero-order valence-corrected chi connectivity index (χ0v) is 11.7. The summed E-state index contributed by atoms with van der Waals surface area (Å²) in [5.74, 6) is 4.98. The first-order chi connectivity index (χ1) is 8.01. The molecule has 0 saturated carbocycles. The number of nitrogens with one attached hydrogen (secondary N) is 1. The Morgan fingerprint density at radius 3 is 2.47 bits per heavy atom. The number of rotatable bonds is 9. The van der Waals surface area contributed by atoms with Crippen LogP contribution < -0.4 is 11.3 Å². The molecule has 102 valence electrons. The minimum Gasteiger partial charge on any atom is -0.309 e. The first kappa shape index (κ1) is 16.4. The van der Waals surface area contributed by atoms with E-state index in [1.165, 1.54) is 0 Å². The third-order valence-electron chi connectivity index (χ3n) is 3.03. The van der Waals surface area contributed by atoms with Gasteiger partial charge in [-0.3, -0.25) is 10.2 Å². The number of nitrogens with two attached hydrogens (primary N) is 1. The molecule has 1 unspecified atom stereocenters. The second-order valence-corrected chi connectivity index (χ2v) is 4.74. The second-order valence-electron chi connectivity index (χ2n) is 4.74. The van der Waals surface area contributed by atoms with E-state index in [4.69, 9.17) is 5.84 Å². The molecule has 1 atom stereocenters. The number of carbonyl (C=O) groups is 1. The molecule has 0 aromatic carbocycles. The van der Waals surface area contributed by atoms with Crippen molar-refractivity contribution in [2.24, 2.45) is 5.84 Å². The Balaban J connectivity index is 3.86. The molecule has 0 rings (SSSR count). The minimum atomic E-state index is -0.0822. The molecule has 0 aliphatic heterocycles. The van der Waals surface area contributed by atoms with Gasteiger partial charge in [0, 0.05) is 12.5 Å². The van der Waals surface area contributed by atoms with Gasteiger partial charge in [-0.2, -0.15) is 0 Å². The van der Waals surface area contributed by atoms with Gasteiger partial charge >= 0.3 is 0 Å². The molecule has 0 fully saturated rings. The summed E-state index contributed by atoms with van der Waals surface area (Å²) in [4.78, 5) is 15.7. The van der Waals surface area contributed by atoms with E-state index in [-0.39, 0.29) is 5.91 Å². The molecule has 0 radical (unpaired) electrons. The van der Waals surface area contributed by atoms with Crippen molar-refractivity contribution in [3.8, 4) is 0 Å². The highest BCUT2D eigenvalue weighted by Gasteiger charge is 2.13. The highest BCUT2D eigenvalue weighted by molar-refractivity contribution is 5.75. The van der Waals surface area contributed by atoms with Gasteiger partial charge in [-0.25, -0.2) is 5.84 Å². The fourth-order valence-electron chi connectivity index (χ4n) is 1.87. The fourth-order valence-corrected chi connectivity index (χ4v) is 1.87. The van der Waals surface area contributed by atoms with Crippen LogP contribution in [0.15, 0.2) is 0 Å². The van der Waals surface area contributed by atoms with E-state index >= 15 is 0 Å². The van der Waals surface area contributed by atoms with Crippen LogP contribution in [-0.2, 0) is 4.79 Å². The molecule has 5 heteroatoms. The van der Waals surface area contributed by atoms with Gasteiger partial charge in [-0.15, -0.1) is 0 Å². The van der Waals surface area contributed by atoms with Crippen LogP contribution in [0.25, 0.3) is 0 Å². The lowest BCUT2D eigenvalue weighted by molar-refractivity contribution is -0.121. The van der Waals surface area contributed by atoms with Crippen molar-refractivity contribution in [1.82, 2.24) is 15.2 Å². The molecule has 5 nitrogen and oxygen atoms in total. The Morgan fingerprint density at radius 2 is 2.00 bits per heavy atom. The normalized spacial score (nSPS) is 13.1. The van der Waals surface area contributed by atoms with E-state index in [2.05, 4.69) is 43.2 Å². The third-order valence-corrected chi connectivity index (χ3v) is 3.03. The Labute approximate surface area is 105 Å². The molecule has 0 aliphatic carbocycles. The second kappa shape index (κ2) is 9.39. The number of carbonyl (C=O) groups excluding carboxylic acids is 1. The average molecular weight is 244 g/mol. The third kappa shape index (κ3) is 8.12. The van der Waals surface area contributed by atoms with Crippen molar-refractivity contribution in [2.45, 2.75) is 39.2 Å².